The Hall–Kier alpha value is -5.04. The van der Waals surface area contributed by atoms with Crippen molar-refractivity contribution in [1.29, 1.82) is 0 Å². The third-order valence-corrected chi connectivity index (χ3v) is 22.6. The van der Waals surface area contributed by atoms with Crippen LogP contribution in [0.25, 0.3) is 33.4 Å². The fraction of sp³-hybridized carbons (Fsp3) is 0.552. The molecule has 3 aliphatic rings. The van der Waals surface area contributed by atoms with Gasteiger partial charge in [0, 0.05) is 33.4 Å². The molecular formula is C87H114F6O3S3. The van der Waals surface area contributed by atoms with E-state index in [1.807, 2.05) is 36.4 Å². The predicted octanol–water partition coefficient (Wildman–Crippen LogP) is 29.3. The number of carbonyl (C=O) groups excluding carboxylic acids is 3. The summed E-state index contributed by atoms with van der Waals surface area (Å²) in [6.07, 6.45) is 40.5. The summed E-state index contributed by atoms with van der Waals surface area (Å²) in [4.78, 5) is 35.7. The van der Waals surface area contributed by atoms with Crippen molar-refractivity contribution in [2.45, 2.75) is 289 Å². The zero-order valence-corrected chi connectivity index (χ0v) is 62.3. The van der Waals surface area contributed by atoms with Gasteiger partial charge in [-0.2, -0.15) is 0 Å². The van der Waals surface area contributed by atoms with Crippen LogP contribution in [0.5, 0.6) is 0 Å². The summed E-state index contributed by atoms with van der Waals surface area (Å²) in [5.74, 6) is 4.33. The van der Waals surface area contributed by atoms with Crippen LogP contribution in [0.4, 0.5) is 26.3 Å². The van der Waals surface area contributed by atoms with Gasteiger partial charge < -0.3 is 0 Å². The summed E-state index contributed by atoms with van der Waals surface area (Å²) in [6, 6.07) is 36.9. The standard InChI is InChI=1S/C30H40F2OS.C29H38F2OS.C28H36F2OS/c1-2-3-4-5-6-7-8-9-10-22-11-13-23(14-12-22)24-15-17-25(18-16-24)28-21-26(29(31)32)19-20-27(28)30(33)34;1-2-3-4-5-6-7-8-9-21-10-12-22(13-11-21)23-14-16-24(17-15-23)27-20-25(28(30)31)18-19-26(27)29(32)33;1-2-3-4-5-6-7-8-20-9-11-21(12-10-20)22-13-15-23(16-14-22)26-19-24(27(29)30)17-18-25(26)28(31)32/h15-23,29H,2-14H2,1H3,(H,33,34);14-22,28H,2-13H2,1H3,(H,32,33);13-21,27H,2-12H2,1H3,(H,31,32). The molecular weight excluding hydrogens is 1300 g/mol. The van der Waals surface area contributed by atoms with Crippen LogP contribution in [-0.4, -0.2) is 15.3 Å². The third kappa shape index (κ3) is 26.9. The summed E-state index contributed by atoms with van der Waals surface area (Å²) < 4.78 is 79.1. The highest BCUT2D eigenvalue weighted by Crippen LogP contribution is 2.43. The molecule has 0 amide bonds. The Morgan fingerprint density at radius 1 is 0.303 bits per heavy atom. The Morgan fingerprint density at radius 3 is 0.717 bits per heavy atom. The Bertz CT molecular complexity index is 3310. The smallest absolute Gasteiger partial charge is 0.263 e. The molecule has 0 spiro atoms. The summed E-state index contributed by atoms with van der Waals surface area (Å²) >= 11 is 11.8. The molecule has 0 aromatic heterocycles. The average molecular weight is 1420 g/mol. The molecule has 0 N–H and O–H groups in total. The first-order chi connectivity index (χ1) is 48.0. The molecule has 3 nitrogen and oxygen atoms in total. The van der Waals surface area contributed by atoms with Crippen LogP contribution in [0, 0.1) is 17.8 Å². The summed E-state index contributed by atoms with van der Waals surface area (Å²) in [6.45, 7) is 6.79. The van der Waals surface area contributed by atoms with Gasteiger partial charge >= 0.3 is 0 Å². The average Bonchev–Trinajstić information content (AvgIpc) is 0.821. The molecule has 0 bridgehead atoms. The summed E-state index contributed by atoms with van der Waals surface area (Å²) in [7, 11) is 0. The number of hydrogen-bond donors (Lipinski definition) is 3. The SMILES string of the molecule is CCCCCCCCC1CCC(c2ccc(-c3cc(C(F)F)ccc3C(=O)S)cc2)CC1.CCCCCCCCCC1CCC(c2ccc(-c3cc(C(F)F)ccc3C(=O)S)cc2)CC1.CCCCCCCCCCC1CCC(c2ccc(-c3cc(C(F)F)ccc3C(=O)S)cc2)CC1. The van der Waals surface area contributed by atoms with Crippen LogP contribution < -0.4 is 0 Å². The molecule has 0 heterocycles. The maximum absolute atomic E-state index is 13.2. The number of benzene rings is 6. The fourth-order valence-corrected chi connectivity index (χ4v) is 16.3. The van der Waals surface area contributed by atoms with E-state index in [4.69, 9.17) is 0 Å². The van der Waals surface area contributed by atoms with Gasteiger partial charge in [-0.25, -0.2) is 26.3 Å². The normalized spacial score (nSPS) is 18.6. The molecule has 12 heteroatoms. The van der Waals surface area contributed by atoms with Crippen LogP contribution in [0.15, 0.2) is 127 Å². The second-order valence-electron chi connectivity index (χ2n) is 29.0. The zero-order valence-electron chi connectivity index (χ0n) is 59.6. The molecule has 6 aromatic rings. The van der Waals surface area contributed by atoms with E-state index in [1.54, 1.807) is 0 Å². The largest absolute Gasteiger partial charge is 0.282 e. The van der Waals surface area contributed by atoms with Crippen molar-refractivity contribution < 1.29 is 40.7 Å². The maximum atomic E-state index is 13.2. The monoisotopic (exact) mass is 1420 g/mol. The Morgan fingerprint density at radius 2 is 0.515 bits per heavy atom. The molecule has 6 aromatic carbocycles. The molecule has 99 heavy (non-hydrogen) atoms. The van der Waals surface area contributed by atoms with Gasteiger partial charge in [0.2, 0.25) is 15.3 Å². The van der Waals surface area contributed by atoms with Crippen molar-refractivity contribution in [3.63, 3.8) is 0 Å². The number of rotatable bonds is 36. The predicted molar refractivity (Wildman–Crippen MR) is 412 cm³/mol. The number of thiol groups is 3. The topological polar surface area (TPSA) is 51.2 Å². The lowest BCUT2D eigenvalue weighted by atomic mass is 9.77. The highest BCUT2D eigenvalue weighted by atomic mass is 32.1. The van der Waals surface area contributed by atoms with E-state index in [0.717, 1.165) is 34.4 Å². The second kappa shape index (κ2) is 44.5. The molecule has 0 unspecified atom stereocenters. The molecule has 3 aliphatic carbocycles. The molecule has 0 aliphatic heterocycles. The van der Waals surface area contributed by atoms with Gasteiger partial charge in [-0.15, -0.1) is 37.9 Å². The van der Waals surface area contributed by atoms with Crippen molar-refractivity contribution >= 4 is 53.2 Å². The van der Waals surface area contributed by atoms with Crippen LogP contribution >= 0.6 is 37.9 Å². The van der Waals surface area contributed by atoms with E-state index in [9.17, 15) is 40.7 Å². The molecule has 540 valence electrons. The minimum Gasteiger partial charge on any atom is -0.282 e. The minimum atomic E-state index is -2.57. The highest BCUT2D eigenvalue weighted by molar-refractivity contribution is 7.97. The van der Waals surface area contributed by atoms with Crippen LogP contribution in [-0.2, 0) is 0 Å². The van der Waals surface area contributed by atoms with Gasteiger partial charge in [0.05, 0.1) is 0 Å². The van der Waals surface area contributed by atoms with Crippen molar-refractivity contribution in [3.8, 4) is 33.4 Å². The van der Waals surface area contributed by atoms with Gasteiger partial charge in [-0.05, 0) is 199 Å². The Labute approximate surface area is 607 Å². The molecule has 0 saturated heterocycles. The molecule has 9 rings (SSSR count). The first-order valence-electron chi connectivity index (χ1n) is 38.2. The number of carbonyl (C=O) groups is 3. The minimum absolute atomic E-state index is 0.0766. The van der Waals surface area contributed by atoms with E-state index >= 15 is 0 Å². The van der Waals surface area contributed by atoms with Crippen molar-refractivity contribution in [2.24, 2.45) is 17.8 Å². The lowest BCUT2D eigenvalue weighted by molar-refractivity contribution is 0.108. The van der Waals surface area contributed by atoms with Gasteiger partial charge in [0.1, 0.15) is 0 Å². The Balaban J connectivity index is 0.000000209. The van der Waals surface area contributed by atoms with E-state index in [0.29, 0.717) is 51.1 Å². The fourth-order valence-electron chi connectivity index (χ4n) is 15.7. The van der Waals surface area contributed by atoms with E-state index in [1.165, 1.54) is 302 Å². The van der Waals surface area contributed by atoms with Gasteiger partial charge in [-0.1, -0.05) is 266 Å². The van der Waals surface area contributed by atoms with Gasteiger partial charge in [0.25, 0.3) is 19.3 Å². The van der Waals surface area contributed by atoms with Crippen molar-refractivity contribution in [3.05, 3.63) is 177 Å². The van der Waals surface area contributed by atoms with Crippen molar-refractivity contribution in [2.75, 3.05) is 0 Å². The first-order valence-corrected chi connectivity index (χ1v) is 39.6. The van der Waals surface area contributed by atoms with E-state index < -0.39 is 34.6 Å². The van der Waals surface area contributed by atoms with Crippen LogP contribution in [0.2, 0.25) is 0 Å². The van der Waals surface area contributed by atoms with Gasteiger partial charge in [0.15, 0.2) is 0 Å². The van der Waals surface area contributed by atoms with E-state index in [2.05, 4.69) is 95.1 Å². The zero-order chi connectivity index (χ0) is 70.9. The lowest BCUT2D eigenvalue weighted by Crippen LogP contribution is -2.13. The van der Waals surface area contributed by atoms with Crippen molar-refractivity contribution in [1.82, 2.24) is 0 Å². The second-order valence-corrected chi connectivity index (χ2v) is 30.2. The number of halogens is 6. The summed E-state index contributed by atoms with van der Waals surface area (Å²) in [5.41, 5.74) is 8.73. The first kappa shape index (κ1) is 81.3. The third-order valence-electron chi connectivity index (χ3n) is 21.8. The quantitative estimate of drug-likeness (QED) is 0.0209. The van der Waals surface area contributed by atoms with Crippen LogP contribution in [0.3, 0.4) is 0 Å². The summed E-state index contributed by atoms with van der Waals surface area (Å²) in [5, 5.41) is -1.22. The number of alkyl halides is 6. The van der Waals surface area contributed by atoms with Crippen LogP contribution in [0.1, 0.15) is 353 Å². The molecule has 0 radical (unpaired) electrons. The Kier molecular flexibility index (Phi) is 36.5. The van der Waals surface area contributed by atoms with E-state index in [-0.39, 0.29) is 16.7 Å². The lowest BCUT2D eigenvalue weighted by Gasteiger charge is -2.29. The number of hydrogen-bond acceptors (Lipinski definition) is 3. The van der Waals surface area contributed by atoms with Gasteiger partial charge in [-0.3, -0.25) is 14.4 Å². The molecule has 3 saturated carbocycles. The molecule has 0 atom stereocenters. The molecule has 3 fully saturated rings. The highest BCUT2D eigenvalue weighted by Gasteiger charge is 2.27. The number of unbranched alkanes of at least 4 members (excludes halogenated alkanes) is 18. The maximum Gasteiger partial charge on any atom is 0.263 e.